The fourth-order valence-electron chi connectivity index (χ4n) is 1.44. The topological polar surface area (TPSA) is 113 Å². The highest BCUT2D eigenvalue weighted by molar-refractivity contribution is 5.35. The standard InChI is InChI=1S/C11H11FN4O2/c12-9-2-1-7(6-13)5-8(9)11(18)10(17)3-4-15-16-14/h1-2,5,10-11,17-18H,3-4H2. The van der Waals surface area contributed by atoms with E-state index in [1.54, 1.807) is 0 Å². The molecule has 2 N–H and O–H groups in total. The van der Waals surface area contributed by atoms with Gasteiger partial charge in [0.2, 0.25) is 0 Å². The lowest BCUT2D eigenvalue weighted by molar-refractivity contribution is 0.0130. The van der Waals surface area contributed by atoms with Crippen LogP contribution in [0.25, 0.3) is 10.4 Å². The lowest BCUT2D eigenvalue weighted by atomic mass is 10.00. The molecule has 0 aliphatic carbocycles. The van der Waals surface area contributed by atoms with Crippen LogP contribution >= 0.6 is 0 Å². The molecule has 0 saturated carbocycles. The molecular formula is C11H11FN4O2. The first-order valence-corrected chi connectivity index (χ1v) is 5.16. The molecule has 0 heterocycles. The number of nitriles is 1. The Kier molecular flexibility index (Phi) is 5.08. The van der Waals surface area contributed by atoms with E-state index in [9.17, 15) is 14.6 Å². The Morgan fingerprint density at radius 3 is 2.83 bits per heavy atom. The molecule has 0 aliphatic rings. The summed E-state index contributed by atoms with van der Waals surface area (Å²) >= 11 is 0. The maximum Gasteiger partial charge on any atom is 0.129 e. The van der Waals surface area contributed by atoms with Crippen molar-refractivity contribution in [1.82, 2.24) is 0 Å². The van der Waals surface area contributed by atoms with Crippen LogP contribution in [0.15, 0.2) is 23.3 Å². The highest BCUT2D eigenvalue weighted by Crippen LogP contribution is 2.23. The van der Waals surface area contributed by atoms with Gasteiger partial charge in [0, 0.05) is 17.0 Å². The summed E-state index contributed by atoms with van der Waals surface area (Å²) < 4.78 is 13.4. The van der Waals surface area contributed by atoms with Gasteiger partial charge in [0.15, 0.2) is 0 Å². The van der Waals surface area contributed by atoms with Crippen molar-refractivity contribution in [2.24, 2.45) is 5.11 Å². The largest absolute Gasteiger partial charge is 0.390 e. The third kappa shape index (κ3) is 3.43. The third-order valence-electron chi connectivity index (χ3n) is 2.40. The van der Waals surface area contributed by atoms with Gasteiger partial charge in [-0.25, -0.2) is 4.39 Å². The predicted molar refractivity (Wildman–Crippen MR) is 60.7 cm³/mol. The fourth-order valence-corrected chi connectivity index (χ4v) is 1.44. The van der Waals surface area contributed by atoms with E-state index in [4.69, 9.17) is 10.8 Å². The summed E-state index contributed by atoms with van der Waals surface area (Å²) in [6.07, 6.45) is -2.73. The van der Waals surface area contributed by atoms with Crippen molar-refractivity contribution in [3.63, 3.8) is 0 Å². The Morgan fingerprint density at radius 2 is 2.22 bits per heavy atom. The van der Waals surface area contributed by atoms with Crippen LogP contribution in [0.5, 0.6) is 0 Å². The molecule has 0 aliphatic heterocycles. The molecule has 0 aromatic heterocycles. The number of rotatable bonds is 5. The van der Waals surface area contributed by atoms with E-state index in [-0.39, 0.29) is 24.1 Å². The monoisotopic (exact) mass is 250 g/mol. The summed E-state index contributed by atoms with van der Waals surface area (Å²) in [4.78, 5) is 2.50. The van der Waals surface area contributed by atoms with Gasteiger partial charge in [0.05, 0.1) is 17.7 Å². The highest BCUT2D eigenvalue weighted by Gasteiger charge is 2.21. The van der Waals surface area contributed by atoms with E-state index >= 15 is 0 Å². The molecule has 1 aromatic rings. The first-order chi connectivity index (χ1) is 8.60. The van der Waals surface area contributed by atoms with Crippen LogP contribution in [0.2, 0.25) is 0 Å². The molecular weight excluding hydrogens is 239 g/mol. The number of aliphatic hydroxyl groups is 2. The van der Waals surface area contributed by atoms with Crippen LogP contribution in [0.3, 0.4) is 0 Å². The van der Waals surface area contributed by atoms with Crippen molar-refractivity contribution < 1.29 is 14.6 Å². The van der Waals surface area contributed by atoms with Gasteiger partial charge in [-0.05, 0) is 30.2 Å². The van der Waals surface area contributed by atoms with Gasteiger partial charge in [-0.15, -0.1) is 0 Å². The number of aliphatic hydroxyl groups excluding tert-OH is 2. The minimum atomic E-state index is -1.47. The Balaban J connectivity index is 2.85. The van der Waals surface area contributed by atoms with E-state index in [2.05, 4.69) is 10.0 Å². The van der Waals surface area contributed by atoms with E-state index in [1.807, 2.05) is 6.07 Å². The predicted octanol–water partition coefficient (Wildman–Crippen LogP) is 1.79. The average Bonchev–Trinajstić information content (AvgIpc) is 2.38. The van der Waals surface area contributed by atoms with Crippen LogP contribution in [-0.2, 0) is 0 Å². The lowest BCUT2D eigenvalue weighted by Crippen LogP contribution is -2.20. The third-order valence-corrected chi connectivity index (χ3v) is 2.40. The van der Waals surface area contributed by atoms with Crippen LogP contribution < -0.4 is 0 Å². The fraction of sp³-hybridized carbons (Fsp3) is 0.364. The Bertz CT molecular complexity index is 508. The van der Waals surface area contributed by atoms with Crippen molar-refractivity contribution in [3.8, 4) is 6.07 Å². The SMILES string of the molecule is N#Cc1ccc(F)c(C(O)C(O)CCN=[N+]=[N-])c1. The maximum absolute atomic E-state index is 13.4. The molecule has 94 valence electrons. The normalized spacial score (nSPS) is 13.2. The van der Waals surface area contributed by atoms with E-state index in [0.29, 0.717) is 0 Å². The van der Waals surface area contributed by atoms with Crippen molar-refractivity contribution in [3.05, 3.63) is 45.6 Å². The van der Waals surface area contributed by atoms with Gasteiger partial charge in [0.1, 0.15) is 11.9 Å². The van der Waals surface area contributed by atoms with E-state index in [0.717, 1.165) is 6.07 Å². The molecule has 6 nitrogen and oxygen atoms in total. The lowest BCUT2D eigenvalue weighted by Gasteiger charge is -2.18. The summed E-state index contributed by atoms with van der Waals surface area (Å²) in [6.45, 7) is -0.00567. The minimum Gasteiger partial charge on any atom is -0.390 e. The van der Waals surface area contributed by atoms with E-state index in [1.165, 1.54) is 12.1 Å². The number of azide groups is 1. The highest BCUT2D eigenvalue weighted by atomic mass is 19.1. The zero-order valence-corrected chi connectivity index (χ0v) is 9.36. The molecule has 0 bridgehead atoms. The molecule has 0 amide bonds. The van der Waals surface area contributed by atoms with Gasteiger partial charge in [-0.2, -0.15) is 5.26 Å². The Morgan fingerprint density at radius 1 is 1.50 bits per heavy atom. The summed E-state index contributed by atoms with van der Waals surface area (Å²) in [6, 6.07) is 5.32. The second-order valence-electron chi connectivity index (χ2n) is 3.60. The van der Waals surface area contributed by atoms with Gasteiger partial charge >= 0.3 is 0 Å². The van der Waals surface area contributed by atoms with Crippen molar-refractivity contribution >= 4 is 0 Å². The van der Waals surface area contributed by atoms with E-state index < -0.39 is 18.0 Å². The number of hydrogen-bond donors (Lipinski definition) is 2. The number of nitrogens with zero attached hydrogens (tertiary/aromatic N) is 4. The summed E-state index contributed by atoms with van der Waals surface area (Å²) in [5.41, 5.74) is 8.10. The number of hydrogen-bond acceptors (Lipinski definition) is 4. The zero-order valence-electron chi connectivity index (χ0n) is 9.36. The van der Waals surface area contributed by atoms with Crippen molar-refractivity contribution in [2.45, 2.75) is 18.6 Å². The number of halogens is 1. The second kappa shape index (κ2) is 6.57. The zero-order chi connectivity index (χ0) is 13.5. The smallest absolute Gasteiger partial charge is 0.129 e. The molecule has 0 spiro atoms. The molecule has 0 fully saturated rings. The Hall–Kier alpha value is -2.13. The Labute approximate surface area is 103 Å². The average molecular weight is 250 g/mol. The van der Waals surface area contributed by atoms with Crippen LogP contribution in [0.4, 0.5) is 4.39 Å². The molecule has 1 aromatic carbocycles. The second-order valence-corrected chi connectivity index (χ2v) is 3.60. The van der Waals surface area contributed by atoms with Crippen LogP contribution in [0, 0.1) is 17.1 Å². The summed E-state index contributed by atoms with van der Waals surface area (Å²) in [5.74, 6) is -0.704. The molecule has 18 heavy (non-hydrogen) atoms. The van der Waals surface area contributed by atoms with Crippen LogP contribution in [0.1, 0.15) is 23.7 Å². The van der Waals surface area contributed by atoms with Gasteiger partial charge < -0.3 is 10.2 Å². The molecule has 7 heteroatoms. The number of benzene rings is 1. The minimum absolute atomic E-state index is 0.00144. The summed E-state index contributed by atoms with van der Waals surface area (Å²) in [7, 11) is 0. The molecule has 0 saturated heterocycles. The summed E-state index contributed by atoms with van der Waals surface area (Å²) in [5, 5.41) is 31.2. The van der Waals surface area contributed by atoms with Crippen molar-refractivity contribution in [1.29, 1.82) is 5.26 Å². The quantitative estimate of drug-likeness (QED) is 0.471. The van der Waals surface area contributed by atoms with Gasteiger partial charge in [0.25, 0.3) is 0 Å². The molecule has 0 radical (unpaired) electrons. The maximum atomic E-state index is 13.4. The van der Waals surface area contributed by atoms with Gasteiger partial charge in [-0.3, -0.25) is 0 Å². The first-order valence-electron chi connectivity index (χ1n) is 5.16. The first kappa shape index (κ1) is 13.9. The van der Waals surface area contributed by atoms with Crippen molar-refractivity contribution in [2.75, 3.05) is 6.54 Å². The molecule has 1 rings (SSSR count). The van der Waals surface area contributed by atoms with Gasteiger partial charge in [-0.1, -0.05) is 5.11 Å². The van der Waals surface area contributed by atoms with Crippen LogP contribution in [-0.4, -0.2) is 22.9 Å². The molecule has 2 atom stereocenters. The molecule has 2 unspecified atom stereocenters.